The van der Waals surface area contributed by atoms with E-state index in [9.17, 15) is 29.4 Å². The molecule has 3 saturated carbocycles. The fourth-order valence-electron chi connectivity index (χ4n) is 6.87. The second-order valence-corrected chi connectivity index (χ2v) is 9.12. The van der Waals surface area contributed by atoms with Gasteiger partial charge in [0.15, 0.2) is 11.6 Å². The van der Waals surface area contributed by atoms with Gasteiger partial charge in [0.25, 0.3) is 0 Å². The fourth-order valence-corrected chi connectivity index (χ4v) is 6.87. The normalized spacial score (nSPS) is 46.2. The van der Waals surface area contributed by atoms with E-state index in [-0.39, 0.29) is 47.6 Å². The lowest BCUT2D eigenvalue weighted by atomic mass is 9.45. The van der Waals surface area contributed by atoms with Gasteiger partial charge in [-0.15, -0.1) is 0 Å². The van der Waals surface area contributed by atoms with E-state index >= 15 is 0 Å². The van der Waals surface area contributed by atoms with Crippen molar-refractivity contribution < 1.29 is 29.4 Å². The van der Waals surface area contributed by atoms with Crippen LogP contribution in [0.5, 0.6) is 0 Å². The summed E-state index contributed by atoms with van der Waals surface area (Å²) in [5, 5.41) is 20.4. The third-order valence-corrected chi connectivity index (χ3v) is 8.22. The van der Waals surface area contributed by atoms with E-state index in [1.165, 1.54) is 0 Å². The van der Waals surface area contributed by atoms with Crippen LogP contribution in [0.4, 0.5) is 0 Å². The van der Waals surface area contributed by atoms with E-state index in [2.05, 4.69) is 0 Å². The van der Waals surface area contributed by atoms with Crippen LogP contribution in [0.25, 0.3) is 0 Å². The van der Waals surface area contributed by atoms with E-state index in [0.717, 1.165) is 5.57 Å². The molecule has 0 spiro atoms. The number of hydrogen-bond acceptors (Lipinski definition) is 6. The van der Waals surface area contributed by atoms with Crippen LogP contribution in [0.1, 0.15) is 51.9 Å². The third-order valence-electron chi connectivity index (χ3n) is 8.22. The number of aliphatic hydroxyl groups is 2. The van der Waals surface area contributed by atoms with Gasteiger partial charge in [-0.05, 0) is 55.4 Å². The Morgan fingerprint density at radius 1 is 1.26 bits per heavy atom. The Morgan fingerprint density at radius 3 is 2.67 bits per heavy atom. The standard InChI is InChI=1S/C21H26O6/c1-19-6-4-13(24)8-12(19)2-3-14-15-5-7-21(27,17(26)10-22)20(15,11-23)9-16(25)18(14)19/h8,11,14-15,18,22,27H,2-7,9-10H2,1H3/t14-,15-,18+,19-,20+,21-/m0/s1. The highest BCUT2D eigenvalue weighted by Crippen LogP contribution is 2.66. The maximum atomic E-state index is 13.3. The predicted octanol–water partition coefficient (Wildman–Crippen LogP) is 1.17. The molecule has 0 aromatic carbocycles. The van der Waals surface area contributed by atoms with Crippen molar-refractivity contribution in [3.05, 3.63) is 11.6 Å². The molecule has 0 aromatic heterocycles. The molecule has 4 aliphatic carbocycles. The van der Waals surface area contributed by atoms with Gasteiger partial charge in [0.1, 0.15) is 24.3 Å². The number of hydrogen-bond donors (Lipinski definition) is 2. The van der Waals surface area contributed by atoms with Gasteiger partial charge in [-0.2, -0.15) is 0 Å². The maximum Gasteiger partial charge on any atom is 0.190 e. The largest absolute Gasteiger partial charge is 0.388 e. The van der Waals surface area contributed by atoms with Crippen molar-refractivity contribution in [2.24, 2.45) is 28.6 Å². The molecule has 4 rings (SSSR count). The average Bonchev–Trinajstić information content (AvgIpc) is 2.95. The van der Waals surface area contributed by atoms with Crippen LogP contribution < -0.4 is 0 Å². The Labute approximate surface area is 158 Å². The van der Waals surface area contributed by atoms with E-state index in [0.29, 0.717) is 38.4 Å². The van der Waals surface area contributed by atoms with Crippen molar-refractivity contribution in [1.82, 2.24) is 0 Å². The highest BCUT2D eigenvalue weighted by molar-refractivity contribution is 5.98. The van der Waals surface area contributed by atoms with E-state index < -0.39 is 23.4 Å². The van der Waals surface area contributed by atoms with Crippen LogP contribution in [0.2, 0.25) is 0 Å². The zero-order valence-corrected chi connectivity index (χ0v) is 15.6. The molecule has 0 bridgehead atoms. The Bertz CT molecular complexity index is 769. The summed E-state index contributed by atoms with van der Waals surface area (Å²) in [5.41, 5.74) is -2.75. The molecule has 3 fully saturated rings. The van der Waals surface area contributed by atoms with Gasteiger partial charge in [-0.25, -0.2) is 0 Å². The van der Waals surface area contributed by atoms with Crippen LogP contribution in [0.15, 0.2) is 11.6 Å². The first-order chi connectivity index (χ1) is 12.7. The first-order valence-corrected chi connectivity index (χ1v) is 9.83. The molecule has 0 amide bonds. The molecule has 0 unspecified atom stereocenters. The minimum Gasteiger partial charge on any atom is -0.388 e. The summed E-state index contributed by atoms with van der Waals surface area (Å²) in [6.07, 6.45) is 5.18. The summed E-state index contributed by atoms with van der Waals surface area (Å²) in [6, 6.07) is 0. The molecule has 0 heterocycles. The van der Waals surface area contributed by atoms with E-state index in [1.54, 1.807) is 6.08 Å². The molecule has 2 N–H and O–H groups in total. The van der Waals surface area contributed by atoms with Gasteiger partial charge in [0.05, 0.1) is 5.41 Å². The predicted molar refractivity (Wildman–Crippen MR) is 94.5 cm³/mol. The van der Waals surface area contributed by atoms with Gasteiger partial charge >= 0.3 is 0 Å². The van der Waals surface area contributed by atoms with Crippen molar-refractivity contribution in [2.45, 2.75) is 57.5 Å². The summed E-state index contributed by atoms with van der Waals surface area (Å²) < 4.78 is 0. The molecule has 0 saturated heterocycles. The molecule has 6 nitrogen and oxygen atoms in total. The first kappa shape index (κ1) is 18.7. The number of aliphatic hydroxyl groups excluding tert-OH is 1. The van der Waals surface area contributed by atoms with Crippen LogP contribution in [-0.4, -0.2) is 46.1 Å². The number of Topliss-reactive ketones (excluding diaryl/α,β-unsaturated/α-hetero) is 2. The summed E-state index contributed by atoms with van der Waals surface area (Å²) in [7, 11) is 0. The van der Waals surface area contributed by atoms with Gasteiger partial charge in [-0.1, -0.05) is 12.5 Å². The zero-order valence-electron chi connectivity index (χ0n) is 15.6. The highest BCUT2D eigenvalue weighted by atomic mass is 16.3. The minimum atomic E-state index is -1.96. The molecule has 0 radical (unpaired) electrons. The number of carbonyl (C=O) groups is 4. The number of fused-ring (bicyclic) bond motifs is 5. The number of rotatable bonds is 3. The summed E-state index contributed by atoms with van der Waals surface area (Å²) in [4.78, 5) is 49.7. The number of carbonyl (C=O) groups excluding carboxylic acids is 4. The van der Waals surface area contributed by atoms with Crippen LogP contribution in [-0.2, 0) is 19.2 Å². The Hall–Kier alpha value is -1.66. The van der Waals surface area contributed by atoms with Crippen molar-refractivity contribution >= 4 is 23.6 Å². The minimum absolute atomic E-state index is 0.0904. The summed E-state index contributed by atoms with van der Waals surface area (Å²) in [6.45, 7) is 1.21. The molecule has 146 valence electrons. The third kappa shape index (κ3) is 2.20. The van der Waals surface area contributed by atoms with Gasteiger partial charge < -0.3 is 15.0 Å². The lowest BCUT2D eigenvalue weighted by molar-refractivity contribution is -0.174. The first-order valence-electron chi connectivity index (χ1n) is 9.83. The molecule has 0 aromatic rings. The molecule has 6 heteroatoms. The maximum absolute atomic E-state index is 13.3. The Kier molecular flexibility index (Phi) is 4.10. The van der Waals surface area contributed by atoms with Crippen LogP contribution in [0.3, 0.4) is 0 Å². The molecule has 6 atom stereocenters. The molecule has 27 heavy (non-hydrogen) atoms. The second kappa shape index (κ2) is 5.92. The van der Waals surface area contributed by atoms with Gasteiger partial charge in [0, 0.05) is 18.8 Å². The van der Waals surface area contributed by atoms with Gasteiger partial charge in [0.2, 0.25) is 0 Å². The number of aldehydes is 1. The van der Waals surface area contributed by atoms with E-state index in [1.807, 2.05) is 6.92 Å². The quantitative estimate of drug-likeness (QED) is 0.718. The van der Waals surface area contributed by atoms with Crippen LogP contribution >= 0.6 is 0 Å². The molecular weight excluding hydrogens is 348 g/mol. The van der Waals surface area contributed by atoms with Crippen molar-refractivity contribution in [1.29, 1.82) is 0 Å². The number of ketones is 3. The summed E-state index contributed by atoms with van der Waals surface area (Å²) >= 11 is 0. The topological polar surface area (TPSA) is 109 Å². The van der Waals surface area contributed by atoms with Crippen molar-refractivity contribution in [2.75, 3.05) is 6.61 Å². The lowest BCUT2D eigenvalue weighted by Crippen LogP contribution is -2.62. The van der Waals surface area contributed by atoms with Crippen molar-refractivity contribution in [3.63, 3.8) is 0 Å². The Balaban J connectivity index is 1.79. The molecule has 4 aliphatic rings. The smallest absolute Gasteiger partial charge is 0.190 e. The van der Waals surface area contributed by atoms with Crippen molar-refractivity contribution in [3.8, 4) is 0 Å². The lowest BCUT2D eigenvalue weighted by Gasteiger charge is -2.57. The molecule has 0 aliphatic heterocycles. The van der Waals surface area contributed by atoms with E-state index in [4.69, 9.17) is 0 Å². The highest BCUT2D eigenvalue weighted by Gasteiger charge is 2.70. The summed E-state index contributed by atoms with van der Waals surface area (Å²) in [5.74, 6) is -1.39. The Morgan fingerprint density at radius 2 is 2.00 bits per heavy atom. The second-order valence-electron chi connectivity index (χ2n) is 9.12. The average molecular weight is 374 g/mol. The SMILES string of the molecule is C[C@]12CCC(=O)C=C1CC[C@@H]1[C@@H]2C(=O)C[C@@]2(C=O)[C@H]1CC[C@]2(O)C(=O)CO. The van der Waals surface area contributed by atoms with Gasteiger partial charge in [-0.3, -0.25) is 14.4 Å². The molecular formula is C21H26O6. The zero-order chi connectivity index (χ0) is 19.6. The number of allylic oxidation sites excluding steroid dienone is 1. The fraction of sp³-hybridized carbons (Fsp3) is 0.714. The van der Waals surface area contributed by atoms with Crippen LogP contribution in [0, 0.1) is 28.6 Å². The monoisotopic (exact) mass is 374 g/mol.